The lowest BCUT2D eigenvalue weighted by Gasteiger charge is -2.26. The highest BCUT2D eigenvalue weighted by Gasteiger charge is 2.35. The van der Waals surface area contributed by atoms with Crippen LogP contribution in [0.1, 0.15) is 47.3 Å². The molecule has 1 aromatic carbocycles. The van der Waals surface area contributed by atoms with Crippen molar-refractivity contribution in [2.24, 2.45) is 0 Å². The number of rotatable bonds is 9. The molecule has 0 aliphatic carbocycles. The Kier molecular flexibility index (Phi) is 8.43. The molecular formula is C28H32ClN7O4. The molecule has 4 heterocycles. The van der Waals surface area contributed by atoms with Gasteiger partial charge in [-0.2, -0.15) is 0 Å². The lowest BCUT2D eigenvalue weighted by molar-refractivity contribution is -0.126. The molecule has 4 N–H and O–H groups in total. The fourth-order valence-corrected chi connectivity index (χ4v) is 5.12. The maximum atomic E-state index is 13.4. The van der Waals surface area contributed by atoms with Crippen molar-refractivity contribution >= 4 is 35.2 Å². The predicted octanol–water partition coefficient (Wildman–Crippen LogP) is 3.02. The highest BCUT2D eigenvalue weighted by atomic mass is 35.5. The van der Waals surface area contributed by atoms with Crippen LogP contribution in [-0.2, 0) is 16.1 Å². The van der Waals surface area contributed by atoms with E-state index in [2.05, 4.69) is 30.9 Å². The van der Waals surface area contributed by atoms with E-state index in [9.17, 15) is 14.7 Å². The van der Waals surface area contributed by atoms with E-state index in [0.29, 0.717) is 58.9 Å². The summed E-state index contributed by atoms with van der Waals surface area (Å²) in [5.41, 5.74) is 3.22. The molecule has 12 heteroatoms. The summed E-state index contributed by atoms with van der Waals surface area (Å²) >= 11 is 6.46. The third-order valence-electron chi connectivity index (χ3n) is 7.30. The van der Waals surface area contributed by atoms with E-state index in [4.69, 9.17) is 16.3 Å². The molecule has 11 nitrogen and oxygen atoms in total. The zero-order valence-electron chi connectivity index (χ0n) is 22.4. The second-order valence-corrected chi connectivity index (χ2v) is 10.3. The molecule has 2 aromatic heterocycles. The van der Waals surface area contributed by atoms with Crippen LogP contribution in [0.3, 0.4) is 0 Å². The molecule has 0 radical (unpaired) electrons. The fourth-order valence-electron chi connectivity index (χ4n) is 4.92. The minimum atomic E-state index is -0.763. The fraction of sp³-hybridized carbons (Fsp3) is 0.393. The summed E-state index contributed by atoms with van der Waals surface area (Å²) in [4.78, 5) is 41.2. The number of halogens is 1. The number of benzene rings is 1. The normalized spacial score (nSPS) is 16.8. The summed E-state index contributed by atoms with van der Waals surface area (Å²) in [6, 6.07) is 7.81. The number of amides is 2. The van der Waals surface area contributed by atoms with E-state index in [0.717, 1.165) is 18.4 Å². The lowest BCUT2D eigenvalue weighted by atomic mass is 10.0. The average molecular weight is 566 g/mol. The molecule has 0 bridgehead atoms. The summed E-state index contributed by atoms with van der Waals surface area (Å²) < 4.78 is 5.42. The van der Waals surface area contributed by atoms with Crippen molar-refractivity contribution in [3.05, 3.63) is 64.4 Å². The molecule has 210 valence electrons. The number of hydrogen-bond acceptors (Lipinski definition) is 9. The minimum absolute atomic E-state index is 0.222. The van der Waals surface area contributed by atoms with Gasteiger partial charge in [-0.25, -0.2) is 15.0 Å². The van der Waals surface area contributed by atoms with Gasteiger partial charge in [-0.1, -0.05) is 23.7 Å². The van der Waals surface area contributed by atoms with Gasteiger partial charge in [0.05, 0.1) is 29.6 Å². The number of pyridine rings is 1. The third kappa shape index (κ3) is 5.86. The smallest absolute Gasteiger partial charge is 0.255 e. The molecule has 1 saturated heterocycles. The van der Waals surface area contributed by atoms with Gasteiger partial charge in [0.25, 0.3) is 5.91 Å². The number of hydrogen-bond donors (Lipinski definition) is 4. The van der Waals surface area contributed by atoms with Crippen molar-refractivity contribution in [1.82, 2.24) is 25.2 Å². The molecule has 2 aliphatic heterocycles. The predicted molar refractivity (Wildman–Crippen MR) is 151 cm³/mol. The molecular weight excluding hydrogens is 534 g/mol. The largest absolute Gasteiger partial charge is 0.394 e. The number of nitrogens with zero attached hydrogens (tertiary/aromatic N) is 4. The van der Waals surface area contributed by atoms with Crippen LogP contribution in [0.4, 0.5) is 11.8 Å². The van der Waals surface area contributed by atoms with Crippen molar-refractivity contribution in [2.45, 2.75) is 44.4 Å². The SMILES string of the molecule is CNc1cc([C@@H](CO)NC(=O)[C@@H](C)N2Cc3ccc(-c4nc(NC5CCOCC5)ncc4Cl)cc3C2=O)ccn1. The molecule has 2 amide bonds. The van der Waals surface area contributed by atoms with Crippen molar-refractivity contribution in [3.63, 3.8) is 0 Å². The Hall–Kier alpha value is -3.80. The number of carbonyl (C=O) groups excluding carboxylic acids is 2. The Bertz CT molecular complexity index is 1400. The van der Waals surface area contributed by atoms with E-state index in [1.54, 1.807) is 44.6 Å². The van der Waals surface area contributed by atoms with Gasteiger partial charge in [0.2, 0.25) is 11.9 Å². The summed E-state index contributed by atoms with van der Waals surface area (Å²) in [7, 11) is 1.74. The van der Waals surface area contributed by atoms with E-state index in [1.165, 1.54) is 4.90 Å². The number of aromatic nitrogens is 3. The van der Waals surface area contributed by atoms with Crippen molar-refractivity contribution in [2.75, 3.05) is 37.5 Å². The Morgan fingerprint density at radius 1 is 1.23 bits per heavy atom. The Balaban J connectivity index is 1.30. The van der Waals surface area contributed by atoms with Crippen LogP contribution in [0.15, 0.2) is 42.7 Å². The number of carbonyl (C=O) groups is 2. The van der Waals surface area contributed by atoms with Crippen LogP contribution < -0.4 is 16.0 Å². The van der Waals surface area contributed by atoms with Crippen LogP contribution in [-0.4, -0.2) is 75.7 Å². The number of ether oxygens (including phenoxy) is 1. The molecule has 0 unspecified atom stereocenters. The quantitative estimate of drug-likeness (QED) is 0.308. The van der Waals surface area contributed by atoms with Crippen molar-refractivity contribution < 1.29 is 19.4 Å². The maximum Gasteiger partial charge on any atom is 0.255 e. The van der Waals surface area contributed by atoms with E-state index >= 15 is 0 Å². The zero-order chi connectivity index (χ0) is 28.2. The molecule has 1 fully saturated rings. The first-order chi connectivity index (χ1) is 19.4. The first-order valence-electron chi connectivity index (χ1n) is 13.2. The van der Waals surface area contributed by atoms with Crippen molar-refractivity contribution in [3.8, 4) is 11.3 Å². The summed E-state index contributed by atoms with van der Waals surface area (Å²) in [6.07, 6.45) is 4.90. The molecule has 5 rings (SSSR count). The van der Waals surface area contributed by atoms with Crippen molar-refractivity contribution in [1.29, 1.82) is 0 Å². The monoisotopic (exact) mass is 565 g/mol. The first-order valence-corrected chi connectivity index (χ1v) is 13.6. The first kappa shape index (κ1) is 27.8. The number of anilines is 2. The molecule has 2 atom stereocenters. The number of nitrogens with one attached hydrogen (secondary N) is 3. The van der Waals surface area contributed by atoms with Crippen LogP contribution in [0.25, 0.3) is 11.3 Å². The summed E-state index contributed by atoms with van der Waals surface area (Å²) in [5.74, 6) is 0.465. The third-order valence-corrected chi connectivity index (χ3v) is 7.58. The van der Waals surface area contributed by atoms with Gasteiger partial charge < -0.3 is 30.7 Å². The standard InChI is InChI=1S/C28H32ClN7O4/c1-16(26(38)34-23(15-37)17-5-8-31-24(12-17)30-2)36-14-19-4-3-18(11-21(19)27(36)39)25-22(29)13-32-28(35-25)33-20-6-9-40-10-7-20/h3-5,8,11-13,16,20,23,37H,6-7,9-10,14-15H2,1-2H3,(H,30,31)(H,34,38)(H,32,33,35)/t16-,23-/m1/s1. The molecule has 3 aromatic rings. The summed E-state index contributed by atoms with van der Waals surface area (Å²) in [6.45, 7) is 3.06. The zero-order valence-corrected chi connectivity index (χ0v) is 23.1. The lowest BCUT2D eigenvalue weighted by Crippen LogP contribution is -2.46. The second-order valence-electron chi connectivity index (χ2n) is 9.87. The number of aliphatic hydroxyl groups excluding tert-OH is 1. The van der Waals surface area contributed by atoms with Gasteiger partial charge in [0, 0.05) is 50.2 Å². The molecule has 2 aliphatic rings. The highest BCUT2D eigenvalue weighted by Crippen LogP contribution is 2.32. The van der Waals surface area contributed by atoms with Gasteiger partial charge >= 0.3 is 0 Å². The average Bonchev–Trinajstić information content (AvgIpc) is 3.32. The Morgan fingerprint density at radius 3 is 2.77 bits per heavy atom. The van der Waals surface area contributed by atoms with Crippen LogP contribution >= 0.6 is 11.6 Å². The number of fused-ring (bicyclic) bond motifs is 1. The molecule has 0 saturated carbocycles. The van der Waals surface area contributed by atoms with E-state index in [-0.39, 0.29) is 24.5 Å². The summed E-state index contributed by atoms with van der Waals surface area (Å²) in [5, 5.41) is 19.5. The van der Waals surface area contributed by atoms with Gasteiger partial charge in [-0.15, -0.1) is 0 Å². The van der Waals surface area contributed by atoms with E-state index < -0.39 is 12.1 Å². The number of aliphatic hydroxyl groups is 1. The van der Waals surface area contributed by atoms with Crippen LogP contribution in [0.5, 0.6) is 0 Å². The van der Waals surface area contributed by atoms with Gasteiger partial charge in [0.1, 0.15) is 11.9 Å². The van der Waals surface area contributed by atoms with E-state index in [1.807, 2.05) is 12.1 Å². The van der Waals surface area contributed by atoms with Gasteiger partial charge in [0.15, 0.2) is 0 Å². The Morgan fingerprint density at radius 2 is 2.02 bits per heavy atom. The van der Waals surface area contributed by atoms with Gasteiger partial charge in [-0.3, -0.25) is 9.59 Å². The minimum Gasteiger partial charge on any atom is -0.394 e. The Labute approximate surface area is 237 Å². The van der Waals surface area contributed by atoms with Crippen LogP contribution in [0, 0.1) is 0 Å². The van der Waals surface area contributed by atoms with Crippen LogP contribution in [0.2, 0.25) is 5.02 Å². The molecule has 40 heavy (non-hydrogen) atoms. The van der Waals surface area contributed by atoms with Gasteiger partial charge in [-0.05, 0) is 49.1 Å². The molecule has 0 spiro atoms. The highest BCUT2D eigenvalue weighted by molar-refractivity contribution is 6.33. The second kappa shape index (κ2) is 12.2. The topological polar surface area (TPSA) is 142 Å². The maximum absolute atomic E-state index is 13.4.